The Kier molecular flexibility index (Phi) is 6.68. The Morgan fingerprint density at radius 1 is 1.10 bits per heavy atom. The second-order valence-electron chi connectivity index (χ2n) is 7.60. The highest BCUT2D eigenvalue weighted by Gasteiger charge is 2.22. The maximum atomic E-state index is 13.5. The number of nitrogens with zero attached hydrogens (tertiary/aromatic N) is 3. The molecule has 2 heterocycles. The van der Waals surface area contributed by atoms with Crippen molar-refractivity contribution in [1.82, 2.24) is 9.97 Å². The minimum absolute atomic E-state index is 0.0558. The van der Waals surface area contributed by atoms with E-state index in [9.17, 15) is 4.79 Å². The molecule has 2 aromatic carbocycles. The molecule has 4 aromatic rings. The molecule has 1 amide bonds. The van der Waals surface area contributed by atoms with Crippen molar-refractivity contribution < 1.29 is 4.79 Å². The molecule has 0 bridgehead atoms. The zero-order valence-corrected chi connectivity index (χ0v) is 19.5. The molecule has 0 N–H and O–H groups in total. The number of amides is 1. The monoisotopic (exact) mass is 447 g/mol. The summed E-state index contributed by atoms with van der Waals surface area (Å²) in [6.07, 6.45) is 4.51. The molecule has 31 heavy (non-hydrogen) atoms. The number of aromatic nitrogens is 2. The fourth-order valence-corrected chi connectivity index (χ4v) is 5.16. The quantitative estimate of drug-likeness (QED) is 0.299. The first-order valence-corrected chi connectivity index (χ1v) is 12.1. The van der Waals surface area contributed by atoms with E-state index in [0.717, 1.165) is 27.1 Å². The van der Waals surface area contributed by atoms with Gasteiger partial charge < -0.3 is 0 Å². The molecule has 0 spiro atoms. The van der Waals surface area contributed by atoms with Gasteiger partial charge >= 0.3 is 0 Å². The van der Waals surface area contributed by atoms with Crippen LogP contribution in [0.5, 0.6) is 0 Å². The molecule has 0 aliphatic heterocycles. The summed E-state index contributed by atoms with van der Waals surface area (Å²) >= 11 is 3.35. The largest absolute Gasteiger partial charge is 0.279 e. The molecule has 4 rings (SSSR count). The van der Waals surface area contributed by atoms with E-state index in [0.29, 0.717) is 22.5 Å². The summed E-state index contributed by atoms with van der Waals surface area (Å²) in [4.78, 5) is 25.5. The molecule has 0 radical (unpaired) electrons. The number of rotatable bonds is 7. The van der Waals surface area contributed by atoms with E-state index < -0.39 is 0 Å². The Hall–Kier alpha value is -2.70. The standard InChI is InChI=1S/C25H25N3OS2/c1-4-18-7-12-22-23(14-18)31-25(27-22)28(16-19-6-5-13-26-15-19)24(29)20-8-10-21(11-9-20)30-17(2)3/h5-15,17H,4,16H2,1-3H3. The maximum Gasteiger partial charge on any atom is 0.260 e. The molecule has 0 saturated heterocycles. The Morgan fingerprint density at radius 2 is 1.90 bits per heavy atom. The Labute approximate surface area is 191 Å². The first-order chi connectivity index (χ1) is 15.0. The van der Waals surface area contributed by atoms with E-state index in [1.54, 1.807) is 40.4 Å². The zero-order chi connectivity index (χ0) is 21.8. The van der Waals surface area contributed by atoms with E-state index in [-0.39, 0.29) is 5.91 Å². The average Bonchev–Trinajstić information content (AvgIpc) is 3.20. The van der Waals surface area contributed by atoms with Crippen LogP contribution in [0, 0.1) is 0 Å². The van der Waals surface area contributed by atoms with Gasteiger partial charge in [0.1, 0.15) is 0 Å². The Bertz CT molecular complexity index is 1170. The maximum absolute atomic E-state index is 13.5. The molecule has 158 valence electrons. The van der Waals surface area contributed by atoms with E-state index in [1.165, 1.54) is 5.56 Å². The van der Waals surface area contributed by atoms with Crippen molar-refractivity contribution in [2.24, 2.45) is 0 Å². The summed E-state index contributed by atoms with van der Waals surface area (Å²) in [5, 5.41) is 1.21. The molecular formula is C25H25N3OS2. The van der Waals surface area contributed by atoms with Crippen LogP contribution in [0.15, 0.2) is 71.9 Å². The van der Waals surface area contributed by atoms with Crippen molar-refractivity contribution in [3.63, 3.8) is 0 Å². The van der Waals surface area contributed by atoms with Gasteiger partial charge in [0.25, 0.3) is 5.91 Å². The minimum atomic E-state index is -0.0558. The van der Waals surface area contributed by atoms with Crippen LogP contribution in [0.2, 0.25) is 0 Å². The molecule has 0 unspecified atom stereocenters. The number of anilines is 1. The summed E-state index contributed by atoms with van der Waals surface area (Å²) in [5.74, 6) is -0.0558. The first kappa shape index (κ1) is 21.5. The average molecular weight is 448 g/mol. The van der Waals surface area contributed by atoms with Crippen molar-refractivity contribution in [2.45, 2.75) is 43.9 Å². The number of carbonyl (C=O) groups excluding carboxylic acids is 1. The Balaban J connectivity index is 1.69. The van der Waals surface area contributed by atoms with Gasteiger partial charge in [-0.1, -0.05) is 44.2 Å². The van der Waals surface area contributed by atoms with Crippen LogP contribution < -0.4 is 4.90 Å². The molecule has 0 saturated carbocycles. The number of hydrogen-bond donors (Lipinski definition) is 0. The zero-order valence-electron chi connectivity index (χ0n) is 17.9. The number of fused-ring (bicyclic) bond motifs is 1. The van der Waals surface area contributed by atoms with Crippen LogP contribution in [-0.2, 0) is 13.0 Å². The van der Waals surface area contributed by atoms with Crippen LogP contribution >= 0.6 is 23.1 Å². The van der Waals surface area contributed by atoms with Crippen molar-refractivity contribution >= 4 is 44.4 Å². The third kappa shape index (κ3) is 5.14. The number of benzene rings is 2. The lowest BCUT2D eigenvalue weighted by molar-refractivity contribution is 0.0985. The number of pyridine rings is 1. The van der Waals surface area contributed by atoms with E-state index in [4.69, 9.17) is 4.98 Å². The van der Waals surface area contributed by atoms with Crippen molar-refractivity contribution in [2.75, 3.05) is 4.90 Å². The lowest BCUT2D eigenvalue weighted by atomic mass is 10.2. The highest BCUT2D eigenvalue weighted by Crippen LogP contribution is 2.32. The van der Waals surface area contributed by atoms with E-state index in [2.05, 4.69) is 37.9 Å². The lowest BCUT2D eigenvalue weighted by Gasteiger charge is -2.20. The summed E-state index contributed by atoms with van der Waals surface area (Å²) in [6.45, 7) is 6.89. The van der Waals surface area contributed by atoms with Gasteiger partial charge in [0.15, 0.2) is 5.13 Å². The SMILES string of the molecule is CCc1ccc2nc(N(Cc3cccnc3)C(=O)c3ccc(SC(C)C)cc3)sc2c1. The van der Waals surface area contributed by atoms with Gasteiger partial charge in [0, 0.05) is 28.1 Å². The van der Waals surface area contributed by atoms with Gasteiger partial charge in [-0.05, 0) is 60.0 Å². The third-order valence-corrected chi connectivity index (χ3v) is 6.92. The number of carbonyl (C=O) groups is 1. The third-order valence-electron chi connectivity index (χ3n) is 4.86. The van der Waals surface area contributed by atoms with Gasteiger partial charge in [-0.15, -0.1) is 11.8 Å². The molecule has 0 atom stereocenters. The van der Waals surface area contributed by atoms with Gasteiger partial charge in [-0.2, -0.15) is 0 Å². The number of aryl methyl sites for hydroxylation is 1. The van der Waals surface area contributed by atoms with Crippen molar-refractivity contribution in [1.29, 1.82) is 0 Å². The highest BCUT2D eigenvalue weighted by atomic mass is 32.2. The van der Waals surface area contributed by atoms with Gasteiger partial charge in [-0.3, -0.25) is 14.7 Å². The summed E-state index contributed by atoms with van der Waals surface area (Å²) in [6, 6.07) is 18.0. The smallest absolute Gasteiger partial charge is 0.260 e. The normalized spacial score (nSPS) is 11.2. The molecule has 0 fully saturated rings. The topological polar surface area (TPSA) is 46.1 Å². The van der Waals surface area contributed by atoms with Crippen molar-refractivity contribution in [3.05, 3.63) is 83.7 Å². The van der Waals surface area contributed by atoms with Crippen LogP contribution in [0.25, 0.3) is 10.2 Å². The number of hydrogen-bond acceptors (Lipinski definition) is 5. The first-order valence-electron chi connectivity index (χ1n) is 10.4. The summed E-state index contributed by atoms with van der Waals surface area (Å²) in [7, 11) is 0. The molecule has 4 nitrogen and oxygen atoms in total. The second-order valence-corrected chi connectivity index (χ2v) is 10.3. The van der Waals surface area contributed by atoms with Crippen LogP contribution in [0.1, 0.15) is 42.3 Å². The second kappa shape index (κ2) is 9.62. The van der Waals surface area contributed by atoms with E-state index in [1.807, 2.05) is 42.5 Å². The Morgan fingerprint density at radius 3 is 2.58 bits per heavy atom. The van der Waals surface area contributed by atoms with Gasteiger partial charge in [0.2, 0.25) is 0 Å². The van der Waals surface area contributed by atoms with Crippen LogP contribution in [0.3, 0.4) is 0 Å². The van der Waals surface area contributed by atoms with Gasteiger partial charge in [-0.25, -0.2) is 4.98 Å². The fraction of sp³-hybridized carbons (Fsp3) is 0.240. The van der Waals surface area contributed by atoms with E-state index >= 15 is 0 Å². The molecule has 2 aromatic heterocycles. The van der Waals surface area contributed by atoms with Crippen LogP contribution in [0.4, 0.5) is 5.13 Å². The molecular weight excluding hydrogens is 422 g/mol. The molecule has 0 aliphatic carbocycles. The number of thiazole rings is 1. The summed E-state index contributed by atoms with van der Waals surface area (Å²) in [5.41, 5.74) is 3.82. The summed E-state index contributed by atoms with van der Waals surface area (Å²) < 4.78 is 1.10. The fourth-order valence-electron chi connectivity index (χ4n) is 3.30. The number of thioether (sulfide) groups is 1. The lowest BCUT2D eigenvalue weighted by Crippen LogP contribution is -2.30. The predicted octanol–water partition coefficient (Wildman–Crippen LogP) is 6.60. The highest BCUT2D eigenvalue weighted by molar-refractivity contribution is 7.99. The minimum Gasteiger partial charge on any atom is -0.279 e. The predicted molar refractivity (Wildman–Crippen MR) is 131 cm³/mol. The molecule has 0 aliphatic rings. The van der Waals surface area contributed by atoms with Crippen LogP contribution in [-0.4, -0.2) is 21.1 Å². The van der Waals surface area contributed by atoms with Crippen molar-refractivity contribution in [3.8, 4) is 0 Å². The van der Waals surface area contributed by atoms with Gasteiger partial charge in [0.05, 0.1) is 16.8 Å². The molecule has 6 heteroatoms.